The average molecular weight is 459 g/mol. The third kappa shape index (κ3) is 5.31. The second-order valence-electron chi connectivity index (χ2n) is 5.42. The van der Waals surface area contributed by atoms with Crippen molar-refractivity contribution in [3.05, 3.63) is 67.6 Å². The van der Waals surface area contributed by atoms with Crippen LogP contribution in [-0.4, -0.2) is 14.2 Å². The van der Waals surface area contributed by atoms with E-state index in [0.717, 1.165) is 16.5 Å². The summed E-state index contributed by atoms with van der Waals surface area (Å²) in [6.07, 6.45) is 5.44. The van der Waals surface area contributed by atoms with Crippen LogP contribution in [0.3, 0.4) is 0 Å². The topological polar surface area (TPSA) is 17.1 Å². The van der Waals surface area contributed by atoms with Crippen LogP contribution in [0.2, 0.25) is 0 Å². The summed E-state index contributed by atoms with van der Waals surface area (Å²) in [6.45, 7) is 0. The number of hydrogen-bond donors (Lipinski definition) is 0. The fraction of sp³-hybridized carbons (Fsp3) is 0.316. The Morgan fingerprint density at radius 3 is 2.08 bits per heavy atom. The number of rotatable bonds is 0. The monoisotopic (exact) mass is 457 g/mol. The quantitative estimate of drug-likeness (QED) is 0.555. The molecule has 121 valence electrons. The SMILES string of the molecule is Brc1cccc2c1CCC2.C.O=C1CCc2c(Br)cccc21.[B].[H-].[Na+]. The van der Waals surface area contributed by atoms with E-state index in [1.807, 2.05) is 18.2 Å². The van der Waals surface area contributed by atoms with Gasteiger partial charge in [-0.2, -0.15) is 0 Å². The fourth-order valence-electron chi connectivity index (χ4n) is 3.02. The molecule has 0 spiro atoms. The maximum atomic E-state index is 11.2. The minimum atomic E-state index is 0. The molecular weight excluding hydrogens is 438 g/mol. The van der Waals surface area contributed by atoms with Gasteiger partial charge in [-0.25, -0.2) is 0 Å². The molecule has 0 fully saturated rings. The molecule has 2 aliphatic carbocycles. The molecule has 2 aromatic rings. The van der Waals surface area contributed by atoms with E-state index in [2.05, 4.69) is 50.1 Å². The van der Waals surface area contributed by atoms with E-state index < -0.39 is 0 Å². The first-order valence-electron chi connectivity index (χ1n) is 7.23. The van der Waals surface area contributed by atoms with Gasteiger partial charge in [-0.05, 0) is 54.5 Å². The van der Waals surface area contributed by atoms with E-state index in [0.29, 0.717) is 6.42 Å². The first-order chi connectivity index (χ1) is 10.2. The van der Waals surface area contributed by atoms with Gasteiger partial charge in [0.15, 0.2) is 5.78 Å². The molecule has 0 aromatic heterocycles. The van der Waals surface area contributed by atoms with Crippen LogP contribution in [0.25, 0.3) is 0 Å². The number of fused-ring (bicyclic) bond motifs is 2. The van der Waals surface area contributed by atoms with Gasteiger partial charge in [0.25, 0.3) is 0 Å². The van der Waals surface area contributed by atoms with Crippen LogP contribution in [0.5, 0.6) is 0 Å². The molecule has 0 saturated carbocycles. The maximum absolute atomic E-state index is 11.2. The summed E-state index contributed by atoms with van der Waals surface area (Å²) in [5, 5.41) is 0. The largest absolute Gasteiger partial charge is 1.00 e. The van der Waals surface area contributed by atoms with Crippen molar-refractivity contribution in [2.45, 2.75) is 39.5 Å². The summed E-state index contributed by atoms with van der Waals surface area (Å²) in [6, 6.07) is 12.3. The minimum Gasteiger partial charge on any atom is -1.00 e. The Bertz CT molecular complexity index is 710. The second kappa shape index (κ2) is 11.0. The van der Waals surface area contributed by atoms with Crippen molar-refractivity contribution in [1.29, 1.82) is 0 Å². The van der Waals surface area contributed by atoms with Crippen molar-refractivity contribution in [3.63, 3.8) is 0 Å². The van der Waals surface area contributed by atoms with Crippen LogP contribution in [0.4, 0.5) is 0 Å². The summed E-state index contributed by atoms with van der Waals surface area (Å²) >= 11 is 6.97. The number of carbonyl (C=O) groups is 1. The molecule has 5 heteroatoms. The Morgan fingerprint density at radius 2 is 1.46 bits per heavy atom. The van der Waals surface area contributed by atoms with E-state index >= 15 is 0 Å². The number of halogens is 2. The van der Waals surface area contributed by atoms with E-state index in [1.54, 1.807) is 0 Å². The van der Waals surface area contributed by atoms with Crippen molar-refractivity contribution in [3.8, 4) is 0 Å². The smallest absolute Gasteiger partial charge is 1.00 e. The van der Waals surface area contributed by atoms with Gasteiger partial charge in [-0.1, -0.05) is 63.6 Å². The number of aryl methyl sites for hydroxylation is 1. The Morgan fingerprint density at radius 1 is 0.833 bits per heavy atom. The molecule has 0 aliphatic heterocycles. The van der Waals surface area contributed by atoms with Crippen LogP contribution >= 0.6 is 31.9 Å². The molecule has 24 heavy (non-hydrogen) atoms. The molecule has 0 bridgehead atoms. The van der Waals surface area contributed by atoms with E-state index in [4.69, 9.17) is 0 Å². The van der Waals surface area contributed by atoms with Crippen molar-refractivity contribution in [2.24, 2.45) is 0 Å². The van der Waals surface area contributed by atoms with Crippen LogP contribution in [0, 0.1) is 0 Å². The standard InChI is InChI=1S/C9H7BrO.C9H9Br.CH4.B.Na.H/c10-8-3-1-2-7-6(8)4-5-9(7)11;10-9-6-2-4-7-3-1-5-8(7)9;;;;/h1-3H,4-5H2;2,4,6H,1,3,5H2;1H4;;;/q;;;;+1;-1. The zero-order valence-electron chi connectivity index (χ0n) is 14.2. The summed E-state index contributed by atoms with van der Waals surface area (Å²) in [7, 11) is 0. The van der Waals surface area contributed by atoms with Gasteiger partial charge in [0.05, 0.1) is 0 Å². The Labute approximate surface area is 187 Å². The molecule has 0 saturated heterocycles. The molecule has 2 aliphatic rings. The van der Waals surface area contributed by atoms with Gasteiger partial charge in [0.1, 0.15) is 0 Å². The van der Waals surface area contributed by atoms with Gasteiger partial charge in [-0.3, -0.25) is 4.79 Å². The van der Waals surface area contributed by atoms with Gasteiger partial charge in [-0.15, -0.1) is 0 Å². The van der Waals surface area contributed by atoms with Crippen LogP contribution in [0.15, 0.2) is 45.3 Å². The third-order valence-corrected chi connectivity index (χ3v) is 5.60. The number of Topliss-reactive ketones (excluding diaryl/α,β-unsaturated/α-hetero) is 1. The Hall–Kier alpha value is 0.135. The van der Waals surface area contributed by atoms with Crippen molar-refractivity contribution in [1.82, 2.24) is 0 Å². The Balaban J connectivity index is 0. The molecule has 2 aromatic carbocycles. The molecule has 1 nitrogen and oxygen atoms in total. The van der Waals surface area contributed by atoms with Gasteiger partial charge >= 0.3 is 29.6 Å². The predicted octanol–water partition coefficient (Wildman–Crippen LogP) is 2.89. The molecule has 4 rings (SSSR count). The normalized spacial score (nSPS) is 13.3. The minimum absolute atomic E-state index is 0. The van der Waals surface area contributed by atoms with Gasteiger partial charge < -0.3 is 1.43 Å². The third-order valence-electron chi connectivity index (χ3n) is 4.11. The number of benzene rings is 2. The van der Waals surface area contributed by atoms with Gasteiger partial charge in [0, 0.05) is 29.3 Å². The number of ketones is 1. The Kier molecular flexibility index (Phi) is 11.0. The zero-order valence-corrected chi connectivity index (χ0v) is 18.4. The fourth-order valence-corrected chi connectivity index (χ4v) is 4.19. The summed E-state index contributed by atoms with van der Waals surface area (Å²) in [4.78, 5) is 11.2. The first-order valence-corrected chi connectivity index (χ1v) is 8.82. The first kappa shape index (κ1) is 24.1. The number of hydrogen-bond acceptors (Lipinski definition) is 1. The van der Waals surface area contributed by atoms with Crippen LogP contribution in [0.1, 0.15) is 48.7 Å². The molecular formula is C19H21BBr2NaO. The van der Waals surface area contributed by atoms with Gasteiger partial charge in [0.2, 0.25) is 0 Å². The molecule has 0 atom stereocenters. The van der Waals surface area contributed by atoms with Crippen LogP contribution < -0.4 is 29.6 Å². The van der Waals surface area contributed by atoms with E-state index in [-0.39, 0.29) is 52.6 Å². The molecule has 3 radical (unpaired) electrons. The summed E-state index contributed by atoms with van der Waals surface area (Å²) < 4.78 is 2.36. The molecule has 0 unspecified atom stereocenters. The average Bonchev–Trinajstić information content (AvgIpc) is 3.09. The predicted molar refractivity (Wildman–Crippen MR) is 107 cm³/mol. The van der Waals surface area contributed by atoms with Crippen molar-refractivity contribution < 1.29 is 35.8 Å². The number of carbonyl (C=O) groups excluding carboxylic acids is 1. The summed E-state index contributed by atoms with van der Waals surface area (Å²) in [5.74, 6) is 0.279. The molecule has 0 amide bonds. The van der Waals surface area contributed by atoms with Crippen molar-refractivity contribution >= 4 is 46.1 Å². The van der Waals surface area contributed by atoms with Crippen LogP contribution in [-0.2, 0) is 19.3 Å². The molecule has 0 N–H and O–H groups in total. The van der Waals surface area contributed by atoms with E-state index in [1.165, 1.54) is 40.4 Å². The van der Waals surface area contributed by atoms with Crippen molar-refractivity contribution in [2.75, 3.05) is 0 Å². The van der Waals surface area contributed by atoms with E-state index in [9.17, 15) is 4.79 Å². The zero-order chi connectivity index (χ0) is 14.8. The molecule has 0 heterocycles. The second-order valence-corrected chi connectivity index (χ2v) is 7.13. The summed E-state index contributed by atoms with van der Waals surface area (Å²) in [5.41, 5.74) is 5.15. The maximum Gasteiger partial charge on any atom is 1.00 e.